The summed E-state index contributed by atoms with van der Waals surface area (Å²) in [5.41, 5.74) is 2.70. The normalized spacial score (nSPS) is 11.3. The number of aryl methyl sites for hydroxylation is 3. The van der Waals surface area contributed by atoms with E-state index in [9.17, 15) is 4.39 Å². The molecule has 0 bridgehead atoms. The van der Waals surface area contributed by atoms with Gasteiger partial charge in [-0.3, -0.25) is 4.68 Å². The number of nitrogens with one attached hydrogen (secondary N) is 1. The minimum Gasteiger partial charge on any atom is -0.331 e. The third-order valence-corrected chi connectivity index (χ3v) is 4.06. The molecular weight excluding hydrogens is 343 g/mol. The van der Waals surface area contributed by atoms with Crippen molar-refractivity contribution in [3.05, 3.63) is 45.2 Å². The molecule has 0 radical (unpaired) electrons. The van der Waals surface area contributed by atoms with Crippen LogP contribution in [0.1, 0.15) is 5.56 Å². The molecule has 1 aromatic carbocycles. The highest BCUT2D eigenvalue weighted by Gasteiger charge is 2.09. The highest BCUT2D eigenvalue weighted by molar-refractivity contribution is 9.10. The molecule has 2 heterocycles. The van der Waals surface area contributed by atoms with E-state index < -0.39 is 0 Å². The Bertz CT molecular complexity index is 833. The van der Waals surface area contributed by atoms with Gasteiger partial charge in [0, 0.05) is 18.8 Å². The molecule has 0 fully saturated rings. The van der Waals surface area contributed by atoms with E-state index in [0.717, 1.165) is 16.6 Å². The first-order chi connectivity index (χ1) is 9.54. The second-order valence-electron chi connectivity index (χ2n) is 4.65. The van der Waals surface area contributed by atoms with Crippen LogP contribution >= 0.6 is 28.1 Å². The van der Waals surface area contributed by atoms with E-state index in [1.807, 2.05) is 28.6 Å². The average Bonchev–Trinajstić information content (AvgIpc) is 2.92. The first-order valence-electron chi connectivity index (χ1n) is 6.11. The van der Waals surface area contributed by atoms with Gasteiger partial charge < -0.3 is 9.55 Å². The Hall–Kier alpha value is -1.47. The minimum atomic E-state index is -0.296. The van der Waals surface area contributed by atoms with Crippen molar-refractivity contribution in [2.75, 3.05) is 0 Å². The molecule has 0 amide bonds. The van der Waals surface area contributed by atoms with Crippen LogP contribution in [-0.4, -0.2) is 19.3 Å². The number of aromatic amines is 1. The number of benzene rings is 1. The summed E-state index contributed by atoms with van der Waals surface area (Å²) in [6.45, 7) is 3.32. The number of rotatable bonds is 3. The fourth-order valence-corrected chi connectivity index (χ4v) is 2.81. The third kappa shape index (κ3) is 2.43. The van der Waals surface area contributed by atoms with Crippen LogP contribution in [0, 0.1) is 17.5 Å². The minimum absolute atomic E-state index is 0.296. The molecule has 0 spiro atoms. The van der Waals surface area contributed by atoms with Crippen LogP contribution in [0.15, 0.2) is 29.0 Å². The van der Waals surface area contributed by atoms with Crippen LogP contribution in [0.4, 0.5) is 4.39 Å². The number of hydrogen-bond acceptors (Lipinski definition) is 2. The maximum Gasteiger partial charge on any atom is 0.178 e. The first-order valence-corrected chi connectivity index (χ1v) is 7.31. The number of aromatic nitrogens is 4. The molecule has 4 nitrogen and oxygen atoms in total. The van der Waals surface area contributed by atoms with Gasteiger partial charge in [0.15, 0.2) is 4.77 Å². The Labute approximate surface area is 128 Å². The van der Waals surface area contributed by atoms with Gasteiger partial charge in [-0.1, -0.05) is 0 Å². The predicted octanol–water partition coefficient (Wildman–Crippen LogP) is 3.81. The van der Waals surface area contributed by atoms with Gasteiger partial charge in [-0.2, -0.15) is 5.10 Å². The lowest BCUT2D eigenvalue weighted by atomic mass is 10.3. The van der Waals surface area contributed by atoms with Crippen LogP contribution < -0.4 is 0 Å². The molecule has 0 atom stereocenters. The van der Waals surface area contributed by atoms with E-state index in [0.29, 0.717) is 22.3 Å². The zero-order valence-corrected chi connectivity index (χ0v) is 13.1. The van der Waals surface area contributed by atoms with Gasteiger partial charge in [0.1, 0.15) is 5.82 Å². The summed E-state index contributed by atoms with van der Waals surface area (Å²) >= 11 is 8.48. The molecule has 0 aliphatic heterocycles. The summed E-state index contributed by atoms with van der Waals surface area (Å²) < 4.78 is 18.4. The summed E-state index contributed by atoms with van der Waals surface area (Å²) in [4.78, 5) is 3.09. The van der Waals surface area contributed by atoms with Gasteiger partial charge in [-0.05, 0) is 46.7 Å². The second kappa shape index (κ2) is 5.14. The van der Waals surface area contributed by atoms with Gasteiger partial charge in [0.05, 0.1) is 28.2 Å². The molecular formula is C13H12BrFN4S. The molecule has 3 aromatic rings. The fourth-order valence-electron chi connectivity index (χ4n) is 2.17. The van der Waals surface area contributed by atoms with Crippen molar-refractivity contribution in [2.24, 2.45) is 0 Å². The first kappa shape index (κ1) is 13.5. The maximum atomic E-state index is 13.7. The second-order valence-corrected chi connectivity index (χ2v) is 5.89. The van der Waals surface area contributed by atoms with Gasteiger partial charge >= 0.3 is 0 Å². The Morgan fingerprint density at radius 3 is 2.90 bits per heavy atom. The number of nitrogens with zero attached hydrogens (tertiary/aromatic N) is 3. The topological polar surface area (TPSA) is 38.5 Å². The zero-order valence-electron chi connectivity index (χ0n) is 10.7. The molecule has 0 unspecified atom stereocenters. The molecule has 0 aliphatic carbocycles. The summed E-state index contributed by atoms with van der Waals surface area (Å²) in [5.74, 6) is -0.296. The van der Waals surface area contributed by atoms with Crippen LogP contribution in [-0.2, 0) is 13.1 Å². The molecule has 2 aromatic heterocycles. The third-order valence-electron chi connectivity index (χ3n) is 3.13. The average molecular weight is 355 g/mol. The van der Waals surface area contributed by atoms with Crippen molar-refractivity contribution in [3.63, 3.8) is 0 Å². The highest BCUT2D eigenvalue weighted by Crippen LogP contribution is 2.23. The largest absolute Gasteiger partial charge is 0.331 e. The van der Waals surface area contributed by atoms with E-state index in [4.69, 9.17) is 12.2 Å². The van der Waals surface area contributed by atoms with Crippen LogP contribution in [0.2, 0.25) is 0 Å². The highest BCUT2D eigenvalue weighted by atomic mass is 79.9. The van der Waals surface area contributed by atoms with Crippen molar-refractivity contribution in [1.82, 2.24) is 19.3 Å². The molecule has 0 aliphatic rings. The number of imidazole rings is 1. The quantitative estimate of drug-likeness (QED) is 0.726. The Kier molecular flexibility index (Phi) is 3.47. The lowest BCUT2D eigenvalue weighted by molar-refractivity contribution is 0.537. The maximum absolute atomic E-state index is 13.7. The zero-order chi connectivity index (χ0) is 14.3. The van der Waals surface area contributed by atoms with E-state index in [1.165, 1.54) is 6.07 Å². The van der Waals surface area contributed by atoms with Crippen LogP contribution in [0.25, 0.3) is 11.0 Å². The smallest absolute Gasteiger partial charge is 0.178 e. The molecule has 104 valence electrons. The van der Waals surface area contributed by atoms with Gasteiger partial charge in [-0.25, -0.2) is 4.39 Å². The molecule has 20 heavy (non-hydrogen) atoms. The van der Waals surface area contributed by atoms with Crippen molar-refractivity contribution in [2.45, 2.75) is 20.0 Å². The standard InChI is InChI=1S/C13H12BrFN4S/c1-8-6-16-18(7-8)2-3-19-12-5-10(15)9(14)4-11(12)17-13(19)20/h4-7H,2-3H2,1H3,(H,17,20). The van der Waals surface area contributed by atoms with Crippen molar-refractivity contribution >= 4 is 39.2 Å². The monoisotopic (exact) mass is 354 g/mol. The predicted molar refractivity (Wildman–Crippen MR) is 81.7 cm³/mol. The van der Waals surface area contributed by atoms with E-state index in [-0.39, 0.29) is 5.82 Å². The summed E-state index contributed by atoms with van der Waals surface area (Å²) in [6, 6.07) is 3.19. The number of fused-ring (bicyclic) bond motifs is 1. The van der Waals surface area contributed by atoms with E-state index in [2.05, 4.69) is 26.0 Å². The molecule has 0 saturated carbocycles. The number of halogens is 2. The summed E-state index contributed by atoms with van der Waals surface area (Å²) in [6.07, 6.45) is 3.78. The summed E-state index contributed by atoms with van der Waals surface area (Å²) in [7, 11) is 0. The van der Waals surface area contributed by atoms with Crippen molar-refractivity contribution in [3.8, 4) is 0 Å². The number of H-pyrrole nitrogens is 1. The van der Waals surface area contributed by atoms with Gasteiger partial charge in [0.2, 0.25) is 0 Å². The molecule has 0 saturated heterocycles. The molecule has 1 N–H and O–H groups in total. The molecule has 7 heteroatoms. The lowest BCUT2D eigenvalue weighted by Crippen LogP contribution is -2.07. The summed E-state index contributed by atoms with van der Waals surface area (Å²) in [5, 5.41) is 4.23. The Balaban J connectivity index is 1.96. The molecule has 3 rings (SSSR count). The Morgan fingerprint density at radius 1 is 1.40 bits per heavy atom. The van der Waals surface area contributed by atoms with E-state index in [1.54, 1.807) is 6.07 Å². The number of hydrogen-bond donors (Lipinski definition) is 1. The van der Waals surface area contributed by atoms with E-state index >= 15 is 0 Å². The SMILES string of the molecule is Cc1cnn(CCn2c(=S)[nH]c3cc(Br)c(F)cc32)c1. The van der Waals surface area contributed by atoms with Crippen molar-refractivity contribution in [1.29, 1.82) is 0 Å². The van der Waals surface area contributed by atoms with Crippen LogP contribution in [0.5, 0.6) is 0 Å². The Morgan fingerprint density at radius 2 is 2.20 bits per heavy atom. The lowest BCUT2D eigenvalue weighted by Gasteiger charge is -2.05. The fraction of sp³-hybridized carbons (Fsp3) is 0.231. The van der Waals surface area contributed by atoms with Crippen molar-refractivity contribution < 1.29 is 4.39 Å². The van der Waals surface area contributed by atoms with Crippen LogP contribution in [0.3, 0.4) is 0 Å². The van der Waals surface area contributed by atoms with Gasteiger partial charge in [-0.15, -0.1) is 0 Å². The van der Waals surface area contributed by atoms with Gasteiger partial charge in [0.25, 0.3) is 0 Å².